The van der Waals surface area contributed by atoms with Gasteiger partial charge in [0, 0.05) is 13.1 Å². The molecular weight excluding hydrogens is 332 g/mol. The zero-order valence-electron chi connectivity index (χ0n) is 17.3. The van der Waals surface area contributed by atoms with Gasteiger partial charge in [0.2, 0.25) is 0 Å². The smallest absolute Gasteiger partial charge is 0.320 e. The Morgan fingerprint density at radius 1 is 1.15 bits per heavy atom. The lowest BCUT2D eigenvalue weighted by Crippen LogP contribution is -2.39. The van der Waals surface area contributed by atoms with Gasteiger partial charge in [-0.25, -0.2) is 4.79 Å². The number of unbranched alkanes of at least 4 members (excludes halogenated alkanes) is 3. The number of rotatable bonds is 11. The van der Waals surface area contributed by atoms with Crippen molar-refractivity contribution >= 4 is 6.03 Å². The second-order valence-corrected chi connectivity index (χ2v) is 7.62. The second-order valence-electron chi connectivity index (χ2n) is 7.62. The van der Waals surface area contributed by atoms with Crippen molar-refractivity contribution < 1.29 is 4.79 Å². The second kappa shape index (κ2) is 11.0. The van der Waals surface area contributed by atoms with E-state index in [2.05, 4.69) is 61.7 Å². The predicted octanol–water partition coefficient (Wildman–Crippen LogP) is 6.35. The Hall–Kier alpha value is -2.03. The van der Waals surface area contributed by atoms with Gasteiger partial charge in [0.15, 0.2) is 0 Å². The Labute approximate surface area is 165 Å². The fourth-order valence-corrected chi connectivity index (χ4v) is 3.99. The first-order valence-corrected chi connectivity index (χ1v) is 10.5. The van der Waals surface area contributed by atoms with Gasteiger partial charge in [0.25, 0.3) is 0 Å². The summed E-state index contributed by atoms with van der Waals surface area (Å²) in [5, 5.41) is 0. The van der Waals surface area contributed by atoms with E-state index >= 15 is 0 Å². The fourth-order valence-electron chi connectivity index (χ4n) is 3.99. The summed E-state index contributed by atoms with van der Waals surface area (Å²) < 4.78 is 0. The van der Waals surface area contributed by atoms with Crippen molar-refractivity contribution in [2.24, 2.45) is 0 Å². The van der Waals surface area contributed by atoms with Crippen LogP contribution in [0.1, 0.15) is 70.4 Å². The molecule has 1 saturated heterocycles. The summed E-state index contributed by atoms with van der Waals surface area (Å²) in [4.78, 5) is 17.0. The first-order valence-electron chi connectivity index (χ1n) is 10.5. The van der Waals surface area contributed by atoms with Crippen LogP contribution in [-0.4, -0.2) is 35.0 Å². The van der Waals surface area contributed by atoms with E-state index in [0.29, 0.717) is 0 Å². The maximum absolute atomic E-state index is 13.0. The largest absolute Gasteiger partial charge is 0.323 e. The van der Waals surface area contributed by atoms with E-state index in [1.165, 1.54) is 24.8 Å². The van der Waals surface area contributed by atoms with Crippen molar-refractivity contribution in [2.75, 3.05) is 7.05 Å². The van der Waals surface area contributed by atoms with Crippen LogP contribution in [0.5, 0.6) is 0 Å². The van der Waals surface area contributed by atoms with Crippen LogP contribution in [0.15, 0.2) is 55.1 Å². The molecular formula is C24H36N2O. The van der Waals surface area contributed by atoms with Crippen LogP contribution in [0.4, 0.5) is 4.79 Å². The Kier molecular flexibility index (Phi) is 8.63. The molecule has 0 radical (unpaired) electrons. The average Bonchev–Trinajstić information content (AvgIpc) is 2.91. The van der Waals surface area contributed by atoms with Gasteiger partial charge in [-0.05, 0) is 44.6 Å². The van der Waals surface area contributed by atoms with Gasteiger partial charge in [-0.15, -0.1) is 6.58 Å². The van der Waals surface area contributed by atoms with Crippen molar-refractivity contribution in [3.8, 4) is 0 Å². The van der Waals surface area contributed by atoms with Crippen molar-refractivity contribution in [3.05, 3.63) is 60.7 Å². The Morgan fingerprint density at radius 2 is 1.85 bits per heavy atom. The molecule has 1 aliphatic rings. The molecule has 0 bridgehead atoms. The molecule has 3 nitrogen and oxygen atoms in total. The number of amides is 2. The minimum atomic E-state index is 0.0992. The SMILES string of the molecule is C=CC[C@@H](CC/C=C/CCCCC)N1C(=O)N(C)[C@@H](C)[C@H]1c1ccccc1. The third-order valence-corrected chi connectivity index (χ3v) is 5.67. The molecule has 3 heteroatoms. The number of hydrogen-bond donors (Lipinski definition) is 0. The number of likely N-dealkylation sites (N-methyl/N-ethyl adjacent to an activating group) is 1. The molecule has 1 aromatic carbocycles. The van der Waals surface area contributed by atoms with Crippen LogP contribution in [0.3, 0.4) is 0 Å². The third kappa shape index (κ3) is 5.47. The first-order chi connectivity index (χ1) is 13.1. The van der Waals surface area contributed by atoms with Crippen LogP contribution < -0.4 is 0 Å². The summed E-state index contributed by atoms with van der Waals surface area (Å²) in [5.74, 6) is 0. The molecule has 2 rings (SSSR count). The monoisotopic (exact) mass is 368 g/mol. The van der Waals surface area contributed by atoms with Crippen LogP contribution >= 0.6 is 0 Å². The zero-order chi connectivity index (χ0) is 19.6. The molecule has 1 heterocycles. The summed E-state index contributed by atoms with van der Waals surface area (Å²) in [5.41, 5.74) is 1.21. The van der Waals surface area contributed by atoms with Gasteiger partial charge < -0.3 is 9.80 Å². The van der Waals surface area contributed by atoms with Gasteiger partial charge in [-0.3, -0.25) is 0 Å². The van der Waals surface area contributed by atoms with Gasteiger partial charge in [-0.2, -0.15) is 0 Å². The lowest BCUT2D eigenvalue weighted by Gasteiger charge is -2.33. The Morgan fingerprint density at radius 3 is 2.52 bits per heavy atom. The summed E-state index contributed by atoms with van der Waals surface area (Å²) in [6, 6.07) is 11.0. The lowest BCUT2D eigenvalue weighted by molar-refractivity contribution is 0.163. The minimum absolute atomic E-state index is 0.0992. The molecule has 27 heavy (non-hydrogen) atoms. The van der Waals surface area contributed by atoms with Gasteiger partial charge in [-0.1, -0.05) is 68.3 Å². The first kappa shape index (κ1) is 21.3. The quantitative estimate of drug-likeness (QED) is 0.330. The van der Waals surface area contributed by atoms with E-state index in [0.717, 1.165) is 25.7 Å². The van der Waals surface area contributed by atoms with Crippen molar-refractivity contribution in [1.29, 1.82) is 0 Å². The van der Waals surface area contributed by atoms with E-state index in [9.17, 15) is 4.79 Å². The van der Waals surface area contributed by atoms with Gasteiger partial charge in [0.05, 0.1) is 12.1 Å². The standard InChI is InChI=1S/C24H36N2O/c1-5-7-8-9-10-11-15-19-22(16-6-2)26-23(20(3)25(4)24(26)27)21-17-13-12-14-18-21/h6,10-14,17-18,20,22-23H,2,5,7-9,15-16,19H2,1,3-4H3/b11-10+/t20-,22-,23-/m0/s1. The number of carbonyl (C=O) groups excluding carboxylic acids is 1. The maximum atomic E-state index is 13.0. The van der Waals surface area contributed by atoms with Gasteiger partial charge >= 0.3 is 6.03 Å². The van der Waals surface area contributed by atoms with Crippen molar-refractivity contribution in [1.82, 2.24) is 9.80 Å². The van der Waals surface area contributed by atoms with Crippen LogP contribution in [0.25, 0.3) is 0 Å². The van der Waals surface area contributed by atoms with Crippen LogP contribution in [0.2, 0.25) is 0 Å². The molecule has 0 aromatic heterocycles. The van der Waals surface area contributed by atoms with Gasteiger partial charge in [0.1, 0.15) is 0 Å². The maximum Gasteiger partial charge on any atom is 0.320 e. The molecule has 0 spiro atoms. The topological polar surface area (TPSA) is 23.6 Å². The van der Waals surface area contributed by atoms with E-state index in [1.54, 1.807) is 0 Å². The van der Waals surface area contributed by atoms with Crippen LogP contribution in [-0.2, 0) is 0 Å². The Balaban J connectivity index is 2.10. The molecule has 3 atom stereocenters. The number of carbonyl (C=O) groups is 1. The number of benzene rings is 1. The molecule has 1 aliphatic heterocycles. The number of hydrogen-bond acceptors (Lipinski definition) is 1. The molecule has 0 N–H and O–H groups in total. The molecule has 1 aromatic rings. The predicted molar refractivity (Wildman–Crippen MR) is 115 cm³/mol. The molecule has 2 amide bonds. The molecule has 0 unspecified atom stereocenters. The normalized spacial score (nSPS) is 21.2. The highest BCUT2D eigenvalue weighted by molar-refractivity contribution is 5.78. The van der Waals surface area contributed by atoms with Crippen molar-refractivity contribution in [2.45, 2.75) is 76.9 Å². The summed E-state index contributed by atoms with van der Waals surface area (Å²) in [6.45, 7) is 8.32. The molecule has 0 saturated carbocycles. The van der Waals surface area contributed by atoms with E-state index in [4.69, 9.17) is 0 Å². The highest BCUT2D eigenvalue weighted by Crippen LogP contribution is 2.37. The Bertz CT molecular complexity index is 610. The summed E-state index contributed by atoms with van der Waals surface area (Å²) >= 11 is 0. The van der Waals surface area contributed by atoms with Crippen molar-refractivity contribution in [3.63, 3.8) is 0 Å². The fraction of sp³-hybridized carbons (Fsp3) is 0.542. The number of nitrogens with zero attached hydrogens (tertiary/aromatic N) is 2. The zero-order valence-corrected chi connectivity index (χ0v) is 17.3. The van der Waals surface area contributed by atoms with E-state index < -0.39 is 0 Å². The molecule has 1 fully saturated rings. The summed E-state index contributed by atoms with van der Waals surface area (Å²) in [6.07, 6.45) is 14.4. The highest BCUT2D eigenvalue weighted by Gasteiger charge is 2.44. The number of urea groups is 1. The summed E-state index contributed by atoms with van der Waals surface area (Å²) in [7, 11) is 1.92. The minimum Gasteiger partial charge on any atom is -0.323 e. The number of allylic oxidation sites excluding steroid dienone is 2. The lowest BCUT2D eigenvalue weighted by atomic mass is 9.96. The highest BCUT2D eigenvalue weighted by atomic mass is 16.2. The average molecular weight is 369 g/mol. The van der Waals surface area contributed by atoms with E-state index in [-0.39, 0.29) is 24.2 Å². The molecule has 0 aliphatic carbocycles. The third-order valence-electron chi connectivity index (χ3n) is 5.67. The van der Waals surface area contributed by atoms with Crippen LogP contribution in [0, 0.1) is 0 Å². The molecule has 148 valence electrons. The van der Waals surface area contributed by atoms with E-state index in [1.807, 2.05) is 24.1 Å².